The minimum atomic E-state index is 0.548. The first kappa shape index (κ1) is 13.6. The van der Waals surface area contributed by atoms with Gasteiger partial charge >= 0.3 is 0 Å². The van der Waals surface area contributed by atoms with Crippen LogP contribution in [-0.2, 0) is 6.54 Å². The fourth-order valence-electron chi connectivity index (χ4n) is 3.86. The van der Waals surface area contributed by atoms with Gasteiger partial charge in [0.2, 0.25) is 5.95 Å². The molecule has 2 aromatic heterocycles. The molecular formula is C17H21N5. The summed E-state index contributed by atoms with van der Waals surface area (Å²) in [7, 11) is 0. The average Bonchev–Trinajstić information content (AvgIpc) is 3.11. The molecule has 2 aliphatic rings. The van der Waals surface area contributed by atoms with Crippen LogP contribution in [0, 0.1) is 6.92 Å². The van der Waals surface area contributed by atoms with Gasteiger partial charge in [0, 0.05) is 49.8 Å². The number of aromatic nitrogens is 3. The van der Waals surface area contributed by atoms with Crippen molar-refractivity contribution in [3.05, 3.63) is 48.0 Å². The third kappa shape index (κ3) is 2.46. The smallest absolute Gasteiger partial charge is 0.225 e. The van der Waals surface area contributed by atoms with E-state index < -0.39 is 0 Å². The van der Waals surface area contributed by atoms with E-state index in [1.165, 1.54) is 18.5 Å². The fourth-order valence-corrected chi connectivity index (χ4v) is 3.86. The molecule has 0 N–H and O–H groups in total. The highest BCUT2D eigenvalue weighted by Gasteiger charge is 2.43. The molecule has 114 valence electrons. The van der Waals surface area contributed by atoms with Crippen LogP contribution in [0.15, 0.2) is 36.7 Å². The number of likely N-dealkylation sites (tertiary alicyclic amines) is 1. The predicted octanol–water partition coefficient (Wildman–Crippen LogP) is 2.03. The Morgan fingerprint density at radius 3 is 2.68 bits per heavy atom. The molecule has 4 heterocycles. The molecule has 0 aromatic carbocycles. The zero-order valence-electron chi connectivity index (χ0n) is 12.9. The minimum Gasteiger partial charge on any atom is -0.336 e. The molecule has 22 heavy (non-hydrogen) atoms. The van der Waals surface area contributed by atoms with Crippen LogP contribution in [0.5, 0.6) is 0 Å². The molecule has 5 heteroatoms. The molecule has 0 spiro atoms. The lowest BCUT2D eigenvalue weighted by atomic mass is 10.1. The van der Waals surface area contributed by atoms with E-state index in [4.69, 9.17) is 0 Å². The maximum Gasteiger partial charge on any atom is 0.225 e. The Bertz CT molecular complexity index is 645. The molecule has 0 amide bonds. The van der Waals surface area contributed by atoms with E-state index >= 15 is 0 Å². The molecule has 4 rings (SSSR count). The van der Waals surface area contributed by atoms with Crippen LogP contribution >= 0.6 is 0 Å². The summed E-state index contributed by atoms with van der Waals surface area (Å²) in [5.41, 5.74) is 2.27. The zero-order chi connectivity index (χ0) is 14.9. The number of pyridine rings is 1. The summed E-state index contributed by atoms with van der Waals surface area (Å²) in [6.45, 7) is 5.19. The molecule has 5 nitrogen and oxygen atoms in total. The largest absolute Gasteiger partial charge is 0.336 e. The van der Waals surface area contributed by atoms with Crippen molar-refractivity contribution in [3.8, 4) is 0 Å². The van der Waals surface area contributed by atoms with Gasteiger partial charge in [-0.2, -0.15) is 0 Å². The summed E-state index contributed by atoms with van der Waals surface area (Å²) < 4.78 is 0. The molecule has 0 bridgehead atoms. The molecule has 2 fully saturated rings. The summed E-state index contributed by atoms with van der Waals surface area (Å²) in [4.78, 5) is 18.5. The molecular weight excluding hydrogens is 274 g/mol. The van der Waals surface area contributed by atoms with Crippen molar-refractivity contribution in [2.45, 2.75) is 38.4 Å². The zero-order valence-corrected chi connectivity index (χ0v) is 12.9. The second kappa shape index (κ2) is 5.65. The Labute approximate surface area is 131 Å². The Kier molecular flexibility index (Phi) is 3.50. The van der Waals surface area contributed by atoms with E-state index in [1.54, 1.807) is 0 Å². The quantitative estimate of drug-likeness (QED) is 0.867. The summed E-state index contributed by atoms with van der Waals surface area (Å²) in [5.74, 6) is 0.880. The van der Waals surface area contributed by atoms with Gasteiger partial charge in [0.15, 0.2) is 0 Å². The topological polar surface area (TPSA) is 45.2 Å². The van der Waals surface area contributed by atoms with Gasteiger partial charge in [-0.3, -0.25) is 9.88 Å². The maximum absolute atomic E-state index is 4.65. The number of hydrogen-bond acceptors (Lipinski definition) is 5. The van der Waals surface area contributed by atoms with Gasteiger partial charge in [0.1, 0.15) is 0 Å². The lowest BCUT2D eigenvalue weighted by Gasteiger charge is -2.25. The molecule has 2 atom stereocenters. The van der Waals surface area contributed by atoms with E-state index in [9.17, 15) is 0 Å². The Morgan fingerprint density at radius 2 is 1.86 bits per heavy atom. The molecule has 2 saturated heterocycles. The fraction of sp³-hybridized carbons (Fsp3) is 0.471. The summed E-state index contributed by atoms with van der Waals surface area (Å²) in [6.07, 6.45) is 6.04. The van der Waals surface area contributed by atoms with Crippen molar-refractivity contribution >= 4 is 5.95 Å². The van der Waals surface area contributed by atoms with Crippen molar-refractivity contribution in [1.29, 1.82) is 0 Å². The Hall–Kier alpha value is -2.01. The summed E-state index contributed by atoms with van der Waals surface area (Å²) in [6, 6.07) is 9.32. The SMILES string of the molecule is Cc1cccc(CN2CC[C@@H]3[C@@H]2CCN3c2ncccn2)n1. The van der Waals surface area contributed by atoms with Crippen molar-refractivity contribution in [3.63, 3.8) is 0 Å². The van der Waals surface area contributed by atoms with Crippen LogP contribution in [0.1, 0.15) is 24.2 Å². The van der Waals surface area contributed by atoms with E-state index in [-0.39, 0.29) is 0 Å². The summed E-state index contributed by atoms with van der Waals surface area (Å²) in [5, 5.41) is 0. The van der Waals surface area contributed by atoms with Gasteiger partial charge in [-0.1, -0.05) is 6.07 Å². The third-order valence-electron chi connectivity index (χ3n) is 4.81. The second-order valence-corrected chi connectivity index (χ2v) is 6.20. The van der Waals surface area contributed by atoms with Crippen molar-refractivity contribution in [1.82, 2.24) is 19.9 Å². The van der Waals surface area contributed by atoms with E-state index in [0.717, 1.165) is 31.3 Å². The summed E-state index contributed by atoms with van der Waals surface area (Å²) >= 11 is 0. The Balaban J connectivity index is 1.49. The van der Waals surface area contributed by atoms with Crippen molar-refractivity contribution < 1.29 is 0 Å². The van der Waals surface area contributed by atoms with Gasteiger partial charge in [-0.05, 0) is 38.0 Å². The number of rotatable bonds is 3. The van der Waals surface area contributed by atoms with Gasteiger partial charge in [0.05, 0.1) is 5.69 Å². The molecule has 0 saturated carbocycles. The van der Waals surface area contributed by atoms with E-state index in [0.29, 0.717) is 12.1 Å². The van der Waals surface area contributed by atoms with Crippen LogP contribution in [0.3, 0.4) is 0 Å². The minimum absolute atomic E-state index is 0.548. The van der Waals surface area contributed by atoms with Gasteiger partial charge in [-0.25, -0.2) is 9.97 Å². The first-order chi connectivity index (χ1) is 10.8. The molecule has 0 unspecified atom stereocenters. The Morgan fingerprint density at radius 1 is 1.05 bits per heavy atom. The van der Waals surface area contributed by atoms with Crippen LogP contribution in [0.2, 0.25) is 0 Å². The number of aryl methyl sites for hydroxylation is 1. The monoisotopic (exact) mass is 295 g/mol. The van der Waals surface area contributed by atoms with E-state index in [1.807, 2.05) is 18.5 Å². The highest BCUT2D eigenvalue weighted by molar-refractivity contribution is 5.35. The molecule has 2 aliphatic heterocycles. The number of nitrogens with zero attached hydrogens (tertiary/aromatic N) is 5. The molecule has 0 radical (unpaired) electrons. The van der Waals surface area contributed by atoms with Crippen molar-refractivity contribution in [2.75, 3.05) is 18.0 Å². The lowest BCUT2D eigenvalue weighted by Crippen LogP contribution is -2.37. The van der Waals surface area contributed by atoms with Crippen LogP contribution in [-0.4, -0.2) is 45.0 Å². The van der Waals surface area contributed by atoms with E-state index in [2.05, 4.69) is 49.9 Å². The number of anilines is 1. The van der Waals surface area contributed by atoms with Crippen LogP contribution in [0.25, 0.3) is 0 Å². The van der Waals surface area contributed by atoms with Gasteiger partial charge in [0.25, 0.3) is 0 Å². The standard InChI is InChI=1S/C17H21N5/c1-13-4-2-5-14(20-13)12-21-10-6-16-15(21)7-11-22(16)17-18-8-3-9-19-17/h2-5,8-9,15-16H,6-7,10-12H2,1H3/t15-,16+/m0/s1. The average molecular weight is 295 g/mol. The third-order valence-corrected chi connectivity index (χ3v) is 4.81. The normalized spacial score (nSPS) is 24.7. The first-order valence-corrected chi connectivity index (χ1v) is 8.01. The number of hydrogen-bond donors (Lipinski definition) is 0. The van der Waals surface area contributed by atoms with Gasteiger partial charge in [-0.15, -0.1) is 0 Å². The number of fused-ring (bicyclic) bond motifs is 1. The van der Waals surface area contributed by atoms with Crippen molar-refractivity contribution in [2.24, 2.45) is 0 Å². The van der Waals surface area contributed by atoms with Crippen LogP contribution < -0.4 is 4.90 Å². The highest BCUT2D eigenvalue weighted by atomic mass is 15.4. The lowest BCUT2D eigenvalue weighted by molar-refractivity contribution is 0.243. The van der Waals surface area contributed by atoms with Gasteiger partial charge < -0.3 is 4.90 Å². The first-order valence-electron chi connectivity index (χ1n) is 8.01. The second-order valence-electron chi connectivity index (χ2n) is 6.20. The molecule has 0 aliphatic carbocycles. The molecule has 2 aromatic rings. The van der Waals surface area contributed by atoms with Crippen LogP contribution in [0.4, 0.5) is 5.95 Å². The highest BCUT2D eigenvalue weighted by Crippen LogP contribution is 2.34. The predicted molar refractivity (Wildman–Crippen MR) is 85.6 cm³/mol. The maximum atomic E-state index is 4.65.